The molecule has 0 bridgehead atoms. The van der Waals surface area contributed by atoms with E-state index in [1.165, 1.54) is 6.07 Å². The smallest absolute Gasteiger partial charge is 0.345 e. The van der Waals surface area contributed by atoms with Gasteiger partial charge in [-0.25, -0.2) is 4.79 Å². The molecule has 1 amide bonds. The van der Waals surface area contributed by atoms with Gasteiger partial charge < -0.3 is 10.1 Å². The first-order valence-corrected chi connectivity index (χ1v) is 8.19. The molecular weight excluding hydrogens is 383 g/mol. The average molecular weight is 397 g/mol. The van der Waals surface area contributed by atoms with Crippen LogP contribution in [0.2, 0.25) is 10.0 Å². The van der Waals surface area contributed by atoms with Crippen molar-refractivity contribution in [3.8, 4) is 0 Å². The summed E-state index contributed by atoms with van der Waals surface area (Å²) >= 11 is 11.7. The van der Waals surface area contributed by atoms with Crippen molar-refractivity contribution in [1.29, 1.82) is 0 Å². The minimum absolute atomic E-state index is 0.140. The maximum atomic E-state index is 12.0. The van der Waals surface area contributed by atoms with E-state index in [4.69, 9.17) is 27.9 Å². The fourth-order valence-electron chi connectivity index (χ4n) is 2.18. The van der Waals surface area contributed by atoms with Crippen molar-refractivity contribution in [1.82, 2.24) is 5.32 Å². The van der Waals surface area contributed by atoms with Crippen LogP contribution in [0.5, 0.6) is 0 Å². The number of nitrogens with one attached hydrogen (secondary N) is 1. The Bertz CT molecular complexity index is 857. The summed E-state index contributed by atoms with van der Waals surface area (Å²) < 4.78 is 4.86. The predicted octanol–water partition coefficient (Wildman–Crippen LogP) is 3.94. The minimum atomic E-state index is -1.01. The average Bonchev–Trinajstić information content (AvgIpc) is 2.59. The standard InChI is InChI=1S/C17H14Cl2N2O5/c1-10(11-3-2-4-12(18)7-11)20-16(22)9-26-17(23)14-8-13(19)5-6-15(14)21(24)25/h2-8,10H,9H2,1H3,(H,20,22)/t10-/m1/s1. The van der Waals surface area contributed by atoms with Gasteiger partial charge in [0.25, 0.3) is 11.6 Å². The molecule has 2 aromatic carbocycles. The zero-order valence-electron chi connectivity index (χ0n) is 13.6. The van der Waals surface area contributed by atoms with Gasteiger partial charge in [-0.05, 0) is 36.8 Å². The first kappa shape index (κ1) is 19.7. The predicted molar refractivity (Wildman–Crippen MR) is 96.4 cm³/mol. The number of nitro groups is 1. The van der Waals surface area contributed by atoms with E-state index in [1.807, 2.05) is 0 Å². The van der Waals surface area contributed by atoms with Gasteiger partial charge in [0, 0.05) is 16.1 Å². The summed E-state index contributed by atoms with van der Waals surface area (Å²) in [6.45, 7) is 1.15. The van der Waals surface area contributed by atoms with Crippen molar-refractivity contribution in [2.24, 2.45) is 0 Å². The second kappa shape index (κ2) is 8.64. The highest BCUT2D eigenvalue weighted by Gasteiger charge is 2.22. The summed E-state index contributed by atoms with van der Waals surface area (Å²) in [5.41, 5.74) is 0.00736. The highest BCUT2D eigenvalue weighted by atomic mass is 35.5. The number of carbonyl (C=O) groups is 2. The Kier molecular flexibility index (Phi) is 6.54. The number of hydrogen-bond acceptors (Lipinski definition) is 5. The lowest BCUT2D eigenvalue weighted by Crippen LogP contribution is -2.31. The zero-order valence-corrected chi connectivity index (χ0v) is 15.1. The number of rotatable bonds is 6. The molecule has 9 heteroatoms. The van der Waals surface area contributed by atoms with Gasteiger partial charge in [-0.2, -0.15) is 0 Å². The number of hydrogen-bond donors (Lipinski definition) is 1. The molecule has 0 spiro atoms. The van der Waals surface area contributed by atoms with E-state index in [2.05, 4.69) is 5.32 Å². The summed E-state index contributed by atoms with van der Waals surface area (Å²) in [4.78, 5) is 34.2. The Balaban J connectivity index is 1.98. The maximum Gasteiger partial charge on any atom is 0.345 e. The van der Waals surface area contributed by atoms with E-state index in [9.17, 15) is 19.7 Å². The Hall–Kier alpha value is -2.64. The molecule has 0 aliphatic rings. The summed E-state index contributed by atoms with van der Waals surface area (Å²) in [7, 11) is 0. The van der Waals surface area contributed by atoms with Crippen LogP contribution in [0.15, 0.2) is 42.5 Å². The van der Waals surface area contributed by atoms with Gasteiger partial charge in [0.2, 0.25) is 0 Å². The van der Waals surface area contributed by atoms with Crippen molar-refractivity contribution < 1.29 is 19.2 Å². The molecular formula is C17H14Cl2N2O5. The molecule has 0 saturated carbocycles. The topological polar surface area (TPSA) is 98.5 Å². The lowest BCUT2D eigenvalue weighted by atomic mass is 10.1. The van der Waals surface area contributed by atoms with Crippen molar-refractivity contribution in [3.63, 3.8) is 0 Å². The third-order valence-electron chi connectivity index (χ3n) is 3.44. The first-order valence-electron chi connectivity index (χ1n) is 7.44. The third kappa shape index (κ3) is 5.18. The van der Waals surface area contributed by atoms with Crippen molar-refractivity contribution >= 4 is 40.8 Å². The molecule has 7 nitrogen and oxygen atoms in total. The van der Waals surface area contributed by atoms with Gasteiger partial charge >= 0.3 is 5.97 Å². The van der Waals surface area contributed by atoms with E-state index in [0.29, 0.717) is 5.02 Å². The second-order valence-corrected chi connectivity index (χ2v) is 6.21. The molecule has 0 fully saturated rings. The molecule has 1 N–H and O–H groups in total. The molecule has 0 aliphatic heterocycles. The van der Waals surface area contributed by atoms with Crippen LogP contribution < -0.4 is 5.32 Å². The van der Waals surface area contributed by atoms with Crippen LogP contribution in [0.4, 0.5) is 5.69 Å². The molecule has 0 saturated heterocycles. The number of halogens is 2. The Morgan fingerprint density at radius 3 is 2.54 bits per heavy atom. The third-order valence-corrected chi connectivity index (χ3v) is 3.91. The Morgan fingerprint density at radius 1 is 1.19 bits per heavy atom. The molecule has 0 heterocycles. The van der Waals surface area contributed by atoms with E-state index in [-0.39, 0.29) is 16.6 Å². The van der Waals surface area contributed by atoms with Gasteiger partial charge in [-0.15, -0.1) is 0 Å². The largest absolute Gasteiger partial charge is 0.452 e. The summed E-state index contributed by atoms with van der Waals surface area (Å²) in [5, 5.41) is 14.3. The molecule has 2 aromatic rings. The molecule has 0 aliphatic carbocycles. The summed E-state index contributed by atoms with van der Waals surface area (Å²) in [6.07, 6.45) is 0. The van der Waals surface area contributed by atoms with E-state index in [0.717, 1.165) is 17.7 Å². The lowest BCUT2D eigenvalue weighted by Gasteiger charge is -2.14. The fourth-order valence-corrected chi connectivity index (χ4v) is 2.55. The van der Waals surface area contributed by atoms with Crippen LogP contribution in [-0.2, 0) is 9.53 Å². The van der Waals surface area contributed by atoms with Crippen LogP contribution >= 0.6 is 23.2 Å². The van der Waals surface area contributed by atoms with Crippen LogP contribution in [0.3, 0.4) is 0 Å². The highest BCUT2D eigenvalue weighted by molar-refractivity contribution is 6.31. The Morgan fingerprint density at radius 2 is 1.88 bits per heavy atom. The van der Waals surface area contributed by atoms with Crippen molar-refractivity contribution in [2.75, 3.05) is 6.61 Å². The number of carbonyl (C=O) groups excluding carboxylic acids is 2. The monoisotopic (exact) mass is 396 g/mol. The number of benzene rings is 2. The van der Waals surface area contributed by atoms with Crippen LogP contribution in [0.25, 0.3) is 0 Å². The lowest BCUT2D eigenvalue weighted by molar-refractivity contribution is -0.385. The SMILES string of the molecule is C[C@@H](NC(=O)COC(=O)c1cc(Cl)ccc1[N+](=O)[O-])c1cccc(Cl)c1. The maximum absolute atomic E-state index is 12.0. The normalized spacial score (nSPS) is 11.5. The molecule has 2 rings (SSSR count). The molecule has 26 heavy (non-hydrogen) atoms. The molecule has 0 radical (unpaired) electrons. The fraction of sp³-hybridized carbons (Fsp3) is 0.176. The number of esters is 1. The molecule has 0 aromatic heterocycles. The highest BCUT2D eigenvalue weighted by Crippen LogP contribution is 2.23. The van der Waals surface area contributed by atoms with Crippen molar-refractivity contribution in [3.05, 3.63) is 73.8 Å². The second-order valence-electron chi connectivity index (χ2n) is 5.34. The molecule has 0 unspecified atom stereocenters. The Labute approximate surface area is 159 Å². The summed E-state index contributed by atoms with van der Waals surface area (Å²) in [6, 6.07) is 10.1. The van der Waals surface area contributed by atoms with Gasteiger partial charge in [0.15, 0.2) is 6.61 Å². The van der Waals surface area contributed by atoms with Crippen LogP contribution in [0, 0.1) is 10.1 Å². The zero-order chi connectivity index (χ0) is 19.3. The molecule has 136 valence electrons. The van der Waals surface area contributed by atoms with Gasteiger partial charge in [0.05, 0.1) is 11.0 Å². The molecule has 1 atom stereocenters. The number of nitro benzene ring substituents is 1. The van der Waals surface area contributed by atoms with Crippen LogP contribution in [0.1, 0.15) is 28.9 Å². The van der Waals surface area contributed by atoms with E-state index in [1.54, 1.807) is 31.2 Å². The van der Waals surface area contributed by atoms with E-state index < -0.39 is 29.1 Å². The minimum Gasteiger partial charge on any atom is -0.452 e. The van der Waals surface area contributed by atoms with Crippen LogP contribution in [-0.4, -0.2) is 23.4 Å². The van der Waals surface area contributed by atoms with E-state index >= 15 is 0 Å². The summed E-state index contributed by atoms with van der Waals surface area (Å²) in [5.74, 6) is -1.57. The number of ether oxygens (including phenoxy) is 1. The first-order chi connectivity index (χ1) is 12.3. The van der Waals surface area contributed by atoms with Gasteiger partial charge in [0.1, 0.15) is 5.56 Å². The quantitative estimate of drug-likeness (QED) is 0.452. The van der Waals surface area contributed by atoms with Crippen molar-refractivity contribution in [2.45, 2.75) is 13.0 Å². The van der Waals surface area contributed by atoms with Gasteiger partial charge in [-0.3, -0.25) is 14.9 Å². The van der Waals surface area contributed by atoms with Gasteiger partial charge in [-0.1, -0.05) is 35.3 Å². The number of nitrogens with zero attached hydrogens (tertiary/aromatic N) is 1. The number of amides is 1.